The second-order valence-electron chi connectivity index (χ2n) is 8.24. The first-order valence-corrected chi connectivity index (χ1v) is 13.5. The molecule has 7 heteroatoms. The normalized spacial score (nSPS) is 11.7. The Balaban J connectivity index is 2.24. The van der Waals surface area contributed by atoms with Crippen LogP contribution in [0.1, 0.15) is 0 Å². The molecule has 0 aromatic heterocycles. The van der Waals surface area contributed by atoms with Crippen molar-refractivity contribution in [1.29, 1.82) is 0 Å². The number of carbonyl (C=O) groups excluding carboxylic acids is 2. The lowest BCUT2D eigenvalue weighted by atomic mass is 10.1. The van der Waals surface area contributed by atoms with Crippen LogP contribution < -0.4 is 27.0 Å². The highest BCUT2D eigenvalue weighted by molar-refractivity contribution is 7.96. The number of benzene rings is 4. The number of carbonyl (C=O) groups is 2. The minimum Gasteiger partial charge on any atom is -0.467 e. The molecule has 0 fully saturated rings. The lowest BCUT2D eigenvalue weighted by Gasteiger charge is -2.34. The molecule has 0 aliphatic carbocycles. The van der Waals surface area contributed by atoms with Crippen molar-refractivity contribution < 1.29 is 19.1 Å². The Morgan fingerprint density at radius 2 is 1.11 bits per heavy atom. The zero-order valence-electron chi connectivity index (χ0n) is 20.7. The maximum atomic E-state index is 13.9. The maximum Gasteiger partial charge on any atom is 0.337 e. The van der Waals surface area contributed by atoms with E-state index in [4.69, 9.17) is 15.2 Å². The van der Waals surface area contributed by atoms with Crippen LogP contribution in [-0.2, 0) is 19.1 Å². The number of anilines is 2. The van der Waals surface area contributed by atoms with E-state index in [1.807, 2.05) is 91.0 Å². The monoisotopic (exact) mass is 512 g/mol. The fourth-order valence-electron chi connectivity index (χ4n) is 4.51. The number of hydrogen-bond donors (Lipinski definition) is 2. The summed E-state index contributed by atoms with van der Waals surface area (Å²) in [6, 6.07) is 35.2. The summed E-state index contributed by atoms with van der Waals surface area (Å²) in [4.78, 5) is 27.4. The zero-order chi connectivity index (χ0) is 26.3. The predicted molar refractivity (Wildman–Crippen MR) is 152 cm³/mol. The van der Waals surface area contributed by atoms with Crippen molar-refractivity contribution in [3.8, 4) is 0 Å². The molecule has 0 bridgehead atoms. The Morgan fingerprint density at radius 3 is 1.51 bits per heavy atom. The van der Waals surface area contributed by atoms with Crippen LogP contribution in [0.5, 0.6) is 0 Å². The molecule has 0 spiro atoms. The molecule has 0 aliphatic rings. The molecule has 3 N–H and O–H groups in total. The highest BCUT2D eigenvalue weighted by Gasteiger charge is 2.41. The number of methoxy groups -OCH3 is 2. The van der Waals surface area contributed by atoms with Crippen LogP contribution in [0.4, 0.5) is 11.4 Å². The average Bonchev–Trinajstić information content (AvgIpc) is 2.96. The minimum atomic E-state index is -2.97. The third-order valence-corrected chi connectivity index (χ3v) is 10.5. The van der Waals surface area contributed by atoms with Crippen LogP contribution in [0.2, 0.25) is 0 Å². The van der Waals surface area contributed by atoms with Gasteiger partial charge in [-0.25, -0.2) is 9.59 Å². The van der Waals surface area contributed by atoms with E-state index in [2.05, 4.69) is 5.32 Å². The average molecular weight is 513 g/mol. The molecule has 0 saturated carbocycles. The number of para-hydroxylation sites is 2. The van der Waals surface area contributed by atoms with Gasteiger partial charge in [-0.2, -0.15) is 0 Å². The van der Waals surface area contributed by atoms with Crippen molar-refractivity contribution in [1.82, 2.24) is 0 Å². The molecule has 37 heavy (non-hydrogen) atoms. The quantitative estimate of drug-likeness (QED) is 0.213. The fraction of sp³-hybridized carbons (Fsp3) is 0.100. The highest BCUT2D eigenvalue weighted by Crippen LogP contribution is 2.47. The first-order valence-electron chi connectivity index (χ1n) is 11.7. The molecule has 0 saturated heterocycles. The topological polar surface area (TPSA) is 90.6 Å². The van der Waals surface area contributed by atoms with Crippen LogP contribution in [0.25, 0.3) is 0 Å². The van der Waals surface area contributed by atoms with Crippen molar-refractivity contribution >= 4 is 51.4 Å². The number of hydrogen-bond acceptors (Lipinski definition) is 6. The van der Waals surface area contributed by atoms with Gasteiger partial charge in [0.25, 0.3) is 0 Å². The summed E-state index contributed by atoms with van der Waals surface area (Å²) in [5, 5.41) is 6.16. The second kappa shape index (κ2) is 11.6. The van der Waals surface area contributed by atoms with Crippen LogP contribution in [-0.4, -0.2) is 37.5 Å². The first kappa shape index (κ1) is 25.8. The molecule has 0 heterocycles. The molecule has 0 radical (unpaired) electrons. The van der Waals surface area contributed by atoms with Gasteiger partial charge in [0.2, 0.25) is 0 Å². The Hall–Kier alpha value is -4.28. The largest absolute Gasteiger partial charge is 0.467 e. The molecule has 4 aromatic carbocycles. The fourth-order valence-corrected chi connectivity index (χ4v) is 9.02. The molecule has 188 valence electrons. The number of ether oxygens (including phenoxy) is 2. The van der Waals surface area contributed by atoms with Crippen molar-refractivity contribution in [3.05, 3.63) is 115 Å². The Labute approximate surface area is 217 Å². The summed E-state index contributed by atoms with van der Waals surface area (Å²) in [5.41, 5.74) is 7.17. The predicted octanol–water partition coefficient (Wildman–Crippen LogP) is 3.56. The number of rotatable bonds is 8. The third-order valence-electron chi connectivity index (χ3n) is 6.16. The van der Waals surface area contributed by atoms with Crippen molar-refractivity contribution in [2.75, 3.05) is 25.3 Å². The summed E-state index contributed by atoms with van der Waals surface area (Å²) in [7, 11) is 2.62. The van der Waals surface area contributed by atoms with Gasteiger partial charge in [-0.1, -0.05) is 103 Å². The van der Waals surface area contributed by atoms with Gasteiger partial charge in [-0.3, -0.25) is 0 Å². The van der Waals surface area contributed by atoms with Gasteiger partial charge in [-0.15, -0.1) is 0 Å². The molecule has 4 aromatic rings. The molecule has 0 amide bonds. The van der Waals surface area contributed by atoms with E-state index in [0.29, 0.717) is 11.4 Å². The van der Waals surface area contributed by atoms with Crippen LogP contribution >= 0.6 is 6.89 Å². The number of nitrogens with one attached hydrogen (secondary N) is 1. The van der Waals surface area contributed by atoms with Crippen LogP contribution in [0.15, 0.2) is 115 Å². The van der Waals surface area contributed by atoms with E-state index in [0.717, 1.165) is 15.9 Å². The summed E-state index contributed by atoms with van der Waals surface area (Å²) in [5.74, 6) is -1.24. The lowest BCUT2D eigenvalue weighted by Crippen LogP contribution is -2.47. The summed E-state index contributed by atoms with van der Waals surface area (Å²) < 4.78 is 10.6. The molecule has 0 aliphatic heterocycles. The molecule has 1 unspecified atom stereocenters. The Kier molecular flexibility index (Phi) is 8.11. The van der Waals surface area contributed by atoms with E-state index < -0.39 is 24.9 Å². The van der Waals surface area contributed by atoms with Crippen molar-refractivity contribution in [2.24, 2.45) is 0 Å². The van der Waals surface area contributed by atoms with E-state index in [1.54, 1.807) is 24.3 Å². The van der Waals surface area contributed by atoms with Gasteiger partial charge < -0.3 is 20.5 Å². The SMILES string of the molecule is COC(=O)C(C(Nc1ccccc1N)C(=O)OC)=P(c1ccccc1)(c1ccccc1)c1ccccc1. The van der Waals surface area contributed by atoms with E-state index >= 15 is 0 Å². The van der Waals surface area contributed by atoms with E-state index in [-0.39, 0.29) is 5.29 Å². The Morgan fingerprint density at radius 1 is 0.676 bits per heavy atom. The molecule has 6 nitrogen and oxygen atoms in total. The molecule has 4 rings (SSSR count). The summed E-state index contributed by atoms with van der Waals surface area (Å²) in [6.45, 7) is -2.97. The van der Waals surface area contributed by atoms with Crippen LogP contribution in [0, 0.1) is 0 Å². The second-order valence-corrected chi connectivity index (χ2v) is 11.6. The smallest absolute Gasteiger partial charge is 0.337 e. The van der Waals surface area contributed by atoms with E-state index in [1.165, 1.54) is 14.2 Å². The lowest BCUT2D eigenvalue weighted by molar-refractivity contribution is -0.141. The third kappa shape index (κ3) is 5.02. The van der Waals surface area contributed by atoms with Gasteiger partial charge in [0.15, 0.2) is 6.04 Å². The molecule has 1 atom stereocenters. The van der Waals surface area contributed by atoms with Gasteiger partial charge in [-0.05, 0) is 34.9 Å². The first-order chi connectivity index (χ1) is 18.0. The van der Waals surface area contributed by atoms with Crippen molar-refractivity contribution in [3.63, 3.8) is 0 Å². The highest BCUT2D eigenvalue weighted by atomic mass is 31.2. The summed E-state index contributed by atoms with van der Waals surface area (Å²) in [6.07, 6.45) is 0. The molecular formula is C30H29N2O4P. The van der Waals surface area contributed by atoms with Gasteiger partial charge in [0.1, 0.15) is 0 Å². The van der Waals surface area contributed by atoms with Gasteiger partial charge in [0, 0.05) is 0 Å². The zero-order valence-corrected chi connectivity index (χ0v) is 21.6. The molecular weight excluding hydrogens is 483 g/mol. The van der Waals surface area contributed by atoms with E-state index in [9.17, 15) is 9.59 Å². The standard InChI is InChI=1S/C30H29N2O4P/c1-35-29(33)27(32-26-21-13-12-20-25(26)31)28(30(34)36-2)37(22-14-6-3-7-15-22,23-16-8-4-9-17-23)24-18-10-5-11-19-24/h3-21,27,32H,31H2,1-2H3. The number of nitrogens with two attached hydrogens (primary N) is 1. The maximum absolute atomic E-state index is 13.9. The summed E-state index contributed by atoms with van der Waals surface area (Å²) >= 11 is 0. The Bertz CT molecular complexity index is 1320. The van der Waals surface area contributed by atoms with Gasteiger partial charge in [0.05, 0.1) is 30.9 Å². The number of nitrogen functional groups attached to an aromatic ring is 1. The van der Waals surface area contributed by atoms with Crippen LogP contribution in [0.3, 0.4) is 0 Å². The van der Waals surface area contributed by atoms with Gasteiger partial charge >= 0.3 is 11.9 Å². The minimum absolute atomic E-state index is 0.258. The van der Waals surface area contributed by atoms with Crippen molar-refractivity contribution in [2.45, 2.75) is 6.04 Å². The number of esters is 2.